The summed E-state index contributed by atoms with van der Waals surface area (Å²) >= 11 is 0. The van der Waals surface area contributed by atoms with Crippen LogP contribution in [-0.4, -0.2) is 18.5 Å². The van der Waals surface area contributed by atoms with Gasteiger partial charge in [-0.15, -0.1) is 0 Å². The van der Waals surface area contributed by atoms with E-state index in [1.54, 1.807) is 6.92 Å². The van der Waals surface area contributed by atoms with Gasteiger partial charge in [0.05, 0.1) is 6.61 Å². The van der Waals surface area contributed by atoms with Crippen molar-refractivity contribution in [3.05, 3.63) is 0 Å². The summed E-state index contributed by atoms with van der Waals surface area (Å²) in [6, 6.07) is 0. The van der Waals surface area contributed by atoms with Crippen molar-refractivity contribution in [2.24, 2.45) is 29.4 Å². The zero-order chi connectivity index (χ0) is 11.7. The van der Waals surface area contributed by atoms with Crippen LogP contribution in [-0.2, 0) is 14.3 Å². The molecule has 1 amide bonds. The third kappa shape index (κ3) is 2.36. The Morgan fingerprint density at radius 2 is 1.75 bits per heavy atom. The summed E-state index contributed by atoms with van der Waals surface area (Å²) in [5.41, 5.74) is 5.36. The van der Waals surface area contributed by atoms with Gasteiger partial charge >= 0.3 is 5.97 Å². The molecule has 4 nitrogen and oxygen atoms in total. The zero-order valence-corrected chi connectivity index (χ0v) is 9.65. The van der Waals surface area contributed by atoms with E-state index < -0.39 is 17.8 Å². The number of carbonyl (C=O) groups is 2. The third-order valence-corrected chi connectivity index (χ3v) is 3.56. The molecule has 0 heterocycles. The molecule has 0 aromatic carbocycles. The SMILES string of the molecule is CCOC(=O)C(C(N)=O)C(C1CC1)C1CC1. The summed E-state index contributed by atoms with van der Waals surface area (Å²) in [5, 5.41) is 0. The molecule has 0 bridgehead atoms. The van der Waals surface area contributed by atoms with E-state index in [2.05, 4.69) is 0 Å². The van der Waals surface area contributed by atoms with Gasteiger partial charge in [0.2, 0.25) is 5.91 Å². The van der Waals surface area contributed by atoms with Gasteiger partial charge in [-0.1, -0.05) is 0 Å². The Bertz CT molecular complexity index is 283. The number of nitrogens with two attached hydrogens (primary N) is 1. The van der Waals surface area contributed by atoms with E-state index in [0.29, 0.717) is 18.4 Å². The summed E-state index contributed by atoms with van der Waals surface area (Å²) < 4.78 is 4.96. The topological polar surface area (TPSA) is 69.4 Å². The molecule has 2 rings (SSSR count). The van der Waals surface area contributed by atoms with Crippen molar-refractivity contribution in [2.75, 3.05) is 6.61 Å². The number of carbonyl (C=O) groups excluding carboxylic acids is 2. The molecular formula is C12H19NO3. The van der Waals surface area contributed by atoms with E-state index in [4.69, 9.17) is 10.5 Å². The number of ether oxygens (including phenoxy) is 1. The molecule has 0 aromatic heterocycles. The van der Waals surface area contributed by atoms with Crippen LogP contribution < -0.4 is 5.73 Å². The number of rotatable bonds is 6. The molecule has 2 N–H and O–H groups in total. The first-order chi connectivity index (χ1) is 7.65. The smallest absolute Gasteiger partial charge is 0.318 e. The van der Waals surface area contributed by atoms with E-state index >= 15 is 0 Å². The van der Waals surface area contributed by atoms with Gasteiger partial charge in [-0.2, -0.15) is 0 Å². The Labute approximate surface area is 95.5 Å². The fourth-order valence-corrected chi connectivity index (χ4v) is 2.59. The van der Waals surface area contributed by atoms with Crippen LogP contribution in [0.1, 0.15) is 32.6 Å². The molecule has 90 valence electrons. The zero-order valence-electron chi connectivity index (χ0n) is 9.65. The monoisotopic (exact) mass is 225 g/mol. The van der Waals surface area contributed by atoms with Crippen LogP contribution in [0.2, 0.25) is 0 Å². The fourth-order valence-electron chi connectivity index (χ4n) is 2.59. The van der Waals surface area contributed by atoms with E-state index in [0.717, 1.165) is 25.7 Å². The maximum Gasteiger partial charge on any atom is 0.318 e. The highest BCUT2D eigenvalue weighted by Gasteiger charge is 2.50. The second-order valence-corrected chi connectivity index (χ2v) is 4.88. The summed E-state index contributed by atoms with van der Waals surface area (Å²) in [6.07, 6.45) is 4.52. The van der Waals surface area contributed by atoms with Gasteiger partial charge < -0.3 is 10.5 Å². The van der Waals surface area contributed by atoms with Gasteiger partial charge in [-0.25, -0.2) is 0 Å². The van der Waals surface area contributed by atoms with Crippen LogP contribution in [0.15, 0.2) is 0 Å². The first-order valence-corrected chi connectivity index (χ1v) is 6.11. The van der Waals surface area contributed by atoms with Gasteiger partial charge in [0.1, 0.15) is 5.92 Å². The number of amides is 1. The molecular weight excluding hydrogens is 206 g/mol. The highest BCUT2D eigenvalue weighted by atomic mass is 16.5. The Hall–Kier alpha value is -1.06. The van der Waals surface area contributed by atoms with Gasteiger partial charge in [0.25, 0.3) is 0 Å². The Morgan fingerprint density at radius 1 is 1.25 bits per heavy atom. The minimum absolute atomic E-state index is 0.150. The van der Waals surface area contributed by atoms with E-state index in [9.17, 15) is 9.59 Å². The second-order valence-electron chi connectivity index (χ2n) is 4.88. The lowest BCUT2D eigenvalue weighted by atomic mass is 9.83. The van der Waals surface area contributed by atoms with Crippen LogP contribution in [0.5, 0.6) is 0 Å². The summed E-state index contributed by atoms with van der Waals surface area (Å²) in [4.78, 5) is 23.2. The van der Waals surface area contributed by atoms with E-state index in [-0.39, 0.29) is 5.92 Å². The molecule has 1 unspecified atom stereocenters. The third-order valence-electron chi connectivity index (χ3n) is 3.56. The van der Waals surface area contributed by atoms with Gasteiger partial charge in [0.15, 0.2) is 0 Å². The molecule has 16 heavy (non-hydrogen) atoms. The Balaban J connectivity index is 2.09. The molecule has 0 aliphatic heterocycles. The largest absolute Gasteiger partial charge is 0.465 e. The maximum absolute atomic E-state index is 11.8. The lowest BCUT2D eigenvalue weighted by Crippen LogP contribution is -2.39. The van der Waals surface area contributed by atoms with Crippen LogP contribution in [0.3, 0.4) is 0 Å². The first kappa shape index (κ1) is 11.4. The minimum atomic E-state index is -0.708. The number of primary amides is 1. The normalized spacial score (nSPS) is 21.9. The van der Waals surface area contributed by atoms with Crippen molar-refractivity contribution in [3.63, 3.8) is 0 Å². The number of hydrogen-bond acceptors (Lipinski definition) is 3. The van der Waals surface area contributed by atoms with Crippen LogP contribution in [0.25, 0.3) is 0 Å². The molecule has 1 atom stereocenters. The van der Waals surface area contributed by atoms with Gasteiger partial charge in [-0.05, 0) is 50.4 Å². The van der Waals surface area contributed by atoms with Gasteiger partial charge in [-0.3, -0.25) is 9.59 Å². The van der Waals surface area contributed by atoms with Gasteiger partial charge in [0, 0.05) is 0 Å². The molecule has 0 spiro atoms. The molecule has 0 aromatic rings. The molecule has 2 fully saturated rings. The standard InChI is InChI=1S/C12H19NO3/c1-2-16-12(15)10(11(13)14)9(7-3-4-7)8-5-6-8/h7-10H,2-6H2,1H3,(H2,13,14). The summed E-state index contributed by atoms with van der Waals surface area (Å²) in [7, 11) is 0. The predicted molar refractivity (Wildman–Crippen MR) is 58.3 cm³/mol. The quantitative estimate of drug-likeness (QED) is 0.543. The Morgan fingerprint density at radius 3 is 2.06 bits per heavy atom. The number of hydrogen-bond donors (Lipinski definition) is 1. The lowest BCUT2D eigenvalue weighted by Gasteiger charge is -2.22. The van der Waals surface area contributed by atoms with Crippen LogP contribution in [0.4, 0.5) is 0 Å². The average molecular weight is 225 g/mol. The first-order valence-electron chi connectivity index (χ1n) is 6.11. The molecule has 2 aliphatic rings. The maximum atomic E-state index is 11.8. The molecule has 0 saturated heterocycles. The van der Waals surface area contributed by atoms with Crippen molar-refractivity contribution in [3.8, 4) is 0 Å². The summed E-state index contributed by atoms with van der Waals surface area (Å²) in [5.74, 6) is -0.443. The van der Waals surface area contributed by atoms with E-state index in [1.807, 2.05) is 0 Å². The molecule has 2 aliphatic carbocycles. The van der Waals surface area contributed by atoms with Crippen molar-refractivity contribution < 1.29 is 14.3 Å². The van der Waals surface area contributed by atoms with Crippen LogP contribution >= 0.6 is 0 Å². The molecule has 4 heteroatoms. The molecule has 0 radical (unpaired) electrons. The van der Waals surface area contributed by atoms with Crippen molar-refractivity contribution in [2.45, 2.75) is 32.6 Å². The van der Waals surface area contributed by atoms with Crippen molar-refractivity contribution in [1.29, 1.82) is 0 Å². The second kappa shape index (κ2) is 4.44. The van der Waals surface area contributed by atoms with E-state index in [1.165, 1.54) is 0 Å². The average Bonchev–Trinajstić information content (AvgIpc) is 3.07. The Kier molecular flexibility index (Phi) is 3.17. The number of esters is 1. The fraction of sp³-hybridized carbons (Fsp3) is 0.833. The predicted octanol–water partition coefficient (Wildman–Crippen LogP) is 1.09. The van der Waals surface area contributed by atoms with Crippen molar-refractivity contribution in [1.82, 2.24) is 0 Å². The minimum Gasteiger partial charge on any atom is -0.465 e. The van der Waals surface area contributed by atoms with Crippen LogP contribution in [0, 0.1) is 23.7 Å². The highest BCUT2D eigenvalue weighted by molar-refractivity contribution is 5.97. The highest BCUT2D eigenvalue weighted by Crippen LogP contribution is 2.52. The molecule has 2 saturated carbocycles. The van der Waals surface area contributed by atoms with Crippen molar-refractivity contribution >= 4 is 11.9 Å². The summed E-state index contributed by atoms with van der Waals surface area (Å²) in [6.45, 7) is 2.06. The lowest BCUT2D eigenvalue weighted by molar-refractivity contribution is -0.154.